The Morgan fingerprint density at radius 2 is 1.64 bits per heavy atom. The van der Waals surface area contributed by atoms with Gasteiger partial charge in [0, 0.05) is 12.5 Å². The molecule has 0 aromatic carbocycles. The molecule has 6 nitrogen and oxygen atoms in total. The normalized spacial score (nSPS) is 7.86. The number of carbonyl (C=O) groups excluding carboxylic acids is 1. The highest BCUT2D eigenvalue weighted by atomic mass is 16.5. The molecule has 0 saturated carbocycles. The van der Waals surface area contributed by atoms with Crippen molar-refractivity contribution in [1.82, 2.24) is 0 Å². The van der Waals surface area contributed by atoms with Crippen LogP contribution < -0.4 is 0 Å². The highest BCUT2D eigenvalue weighted by Gasteiger charge is 2.07. The van der Waals surface area contributed by atoms with E-state index in [2.05, 4.69) is 11.3 Å². The quantitative estimate of drug-likeness (QED) is 0.505. The van der Waals surface area contributed by atoms with Crippen LogP contribution in [0.2, 0.25) is 0 Å². The van der Waals surface area contributed by atoms with Crippen LogP contribution in [0.1, 0.15) is 13.3 Å². The summed E-state index contributed by atoms with van der Waals surface area (Å²) in [5.74, 6) is -2.69. The summed E-state index contributed by atoms with van der Waals surface area (Å²) in [5, 5.41) is 16.1. The van der Waals surface area contributed by atoms with E-state index in [1.807, 2.05) is 0 Å². The van der Waals surface area contributed by atoms with Gasteiger partial charge in [0.2, 0.25) is 0 Å². The Morgan fingerprint density at radius 3 is 1.71 bits per heavy atom. The maximum absolute atomic E-state index is 9.87. The Kier molecular flexibility index (Phi) is 8.15. The van der Waals surface area contributed by atoms with Crippen molar-refractivity contribution in [3.63, 3.8) is 0 Å². The third kappa shape index (κ3) is 12.8. The van der Waals surface area contributed by atoms with Gasteiger partial charge in [0.25, 0.3) is 0 Å². The Balaban J connectivity index is 0. The van der Waals surface area contributed by atoms with Crippen molar-refractivity contribution in [1.29, 1.82) is 0 Å². The maximum atomic E-state index is 9.87. The average molecular weight is 204 g/mol. The molecule has 80 valence electrons. The van der Waals surface area contributed by atoms with Crippen LogP contribution in [-0.4, -0.2) is 35.2 Å². The highest BCUT2D eigenvalue weighted by Crippen LogP contribution is 1.95. The van der Waals surface area contributed by atoms with Crippen LogP contribution >= 0.6 is 0 Å². The topological polar surface area (TPSA) is 101 Å². The summed E-state index contributed by atoms with van der Waals surface area (Å²) >= 11 is 0. The number of ether oxygens (including phenoxy) is 1. The third-order valence-electron chi connectivity index (χ3n) is 0.955. The summed E-state index contributed by atoms with van der Waals surface area (Å²) in [6.45, 7) is 4.38. The van der Waals surface area contributed by atoms with E-state index in [4.69, 9.17) is 10.2 Å². The van der Waals surface area contributed by atoms with Crippen LogP contribution in [0.4, 0.5) is 0 Å². The molecular formula is C8H12O6. The molecule has 0 amide bonds. The smallest absolute Gasteiger partial charge is 0.331 e. The number of carbonyl (C=O) groups is 3. The molecule has 0 unspecified atom stereocenters. The van der Waals surface area contributed by atoms with Crippen molar-refractivity contribution in [2.24, 2.45) is 0 Å². The van der Waals surface area contributed by atoms with Crippen LogP contribution in [0.3, 0.4) is 0 Å². The first-order valence-electron chi connectivity index (χ1n) is 3.48. The van der Waals surface area contributed by atoms with Gasteiger partial charge in [-0.3, -0.25) is 9.59 Å². The molecular weight excluding hydrogens is 192 g/mol. The fourth-order valence-electron chi connectivity index (χ4n) is 0.258. The number of hydrogen-bond acceptors (Lipinski definition) is 4. The average Bonchev–Trinajstić information content (AvgIpc) is 2.04. The lowest BCUT2D eigenvalue weighted by molar-refractivity contribution is -0.139. The molecule has 0 aromatic rings. The molecule has 0 radical (unpaired) electrons. The van der Waals surface area contributed by atoms with Crippen LogP contribution in [0.15, 0.2) is 12.2 Å². The maximum Gasteiger partial charge on any atom is 0.331 e. The Labute approximate surface area is 80.8 Å². The van der Waals surface area contributed by atoms with Crippen molar-refractivity contribution < 1.29 is 29.3 Å². The molecule has 0 fully saturated rings. The number of esters is 1. The van der Waals surface area contributed by atoms with Gasteiger partial charge in [-0.2, -0.15) is 0 Å². The number of methoxy groups -OCH3 is 1. The van der Waals surface area contributed by atoms with Crippen molar-refractivity contribution in [3.8, 4) is 0 Å². The van der Waals surface area contributed by atoms with Gasteiger partial charge in [-0.25, -0.2) is 4.79 Å². The minimum atomic E-state index is -1.27. The molecule has 0 aliphatic carbocycles. The molecule has 14 heavy (non-hydrogen) atoms. The lowest BCUT2D eigenvalue weighted by Crippen LogP contribution is -2.04. The van der Waals surface area contributed by atoms with E-state index in [1.54, 1.807) is 0 Å². The van der Waals surface area contributed by atoms with Gasteiger partial charge in [-0.15, -0.1) is 0 Å². The monoisotopic (exact) mass is 204 g/mol. The molecule has 0 spiro atoms. The SMILES string of the molecule is C=C(CC(=O)O)C(=O)O.COC(C)=O. The lowest BCUT2D eigenvalue weighted by Gasteiger charge is -1.91. The van der Waals surface area contributed by atoms with Gasteiger partial charge < -0.3 is 14.9 Å². The van der Waals surface area contributed by atoms with Crippen molar-refractivity contribution >= 4 is 17.9 Å². The zero-order chi connectivity index (χ0) is 11.7. The van der Waals surface area contributed by atoms with E-state index in [9.17, 15) is 14.4 Å². The van der Waals surface area contributed by atoms with Crippen molar-refractivity contribution in [2.45, 2.75) is 13.3 Å². The van der Waals surface area contributed by atoms with Gasteiger partial charge in [0.1, 0.15) is 0 Å². The van der Waals surface area contributed by atoms with Crippen LogP contribution in [0.5, 0.6) is 0 Å². The molecule has 0 atom stereocenters. The Bertz CT molecular complexity index is 242. The number of aliphatic carboxylic acids is 2. The Hall–Kier alpha value is -1.85. The predicted octanol–water partition coefficient (Wildman–Crippen LogP) is 0.281. The Morgan fingerprint density at radius 1 is 1.29 bits per heavy atom. The minimum Gasteiger partial charge on any atom is -0.481 e. The zero-order valence-corrected chi connectivity index (χ0v) is 7.94. The highest BCUT2D eigenvalue weighted by molar-refractivity contribution is 5.91. The second-order valence-electron chi connectivity index (χ2n) is 2.17. The first-order valence-corrected chi connectivity index (χ1v) is 3.48. The summed E-state index contributed by atoms with van der Waals surface area (Å²) in [5.41, 5.74) is -0.303. The number of hydrogen-bond donors (Lipinski definition) is 2. The molecule has 0 bridgehead atoms. The van der Waals surface area contributed by atoms with Gasteiger partial charge in [-0.05, 0) is 0 Å². The second-order valence-corrected chi connectivity index (χ2v) is 2.17. The van der Waals surface area contributed by atoms with Gasteiger partial charge >= 0.3 is 17.9 Å². The van der Waals surface area contributed by atoms with Crippen LogP contribution in [-0.2, 0) is 19.1 Å². The molecule has 0 aromatic heterocycles. The van der Waals surface area contributed by atoms with E-state index in [-0.39, 0.29) is 11.5 Å². The van der Waals surface area contributed by atoms with E-state index in [0.29, 0.717) is 0 Å². The summed E-state index contributed by atoms with van der Waals surface area (Å²) in [7, 11) is 1.35. The van der Waals surface area contributed by atoms with Crippen LogP contribution in [0, 0.1) is 0 Å². The summed E-state index contributed by atoms with van der Waals surface area (Å²) < 4.78 is 4.11. The zero-order valence-electron chi connectivity index (χ0n) is 7.94. The molecule has 0 aliphatic rings. The lowest BCUT2D eigenvalue weighted by atomic mass is 10.2. The van der Waals surface area contributed by atoms with E-state index in [0.717, 1.165) is 0 Å². The number of carboxylic acid groups (broad SMARTS) is 2. The van der Waals surface area contributed by atoms with E-state index in [1.165, 1.54) is 14.0 Å². The molecule has 0 aliphatic heterocycles. The number of rotatable bonds is 3. The molecule has 2 N–H and O–H groups in total. The van der Waals surface area contributed by atoms with Gasteiger partial charge in [0.15, 0.2) is 0 Å². The van der Waals surface area contributed by atoms with E-state index >= 15 is 0 Å². The summed E-state index contributed by atoms with van der Waals surface area (Å²) in [6.07, 6.45) is -0.505. The predicted molar refractivity (Wildman–Crippen MR) is 46.7 cm³/mol. The van der Waals surface area contributed by atoms with Gasteiger partial charge in [0.05, 0.1) is 13.5 Å². The molecule has 6 heteroatoms. The third-order valence-corrected chi connectivity index (χ3v) is 0.955. The fourth-order valence-corrected chi connectivity index (χ4v) is 0.258. The minimum absolute atomic E-state index is 0.245. The largest absolute Gasteiger partial charge is 0.481 e. The fraction of sp³-hybridized carbons (Fsp3) is 0.375. The standard InChI is InChI=1S/C5H6O4.C3H6O2/c1-3(5(8)9)2-4(6)7;1-3(4)5-2/h1-2H2,(H,6,7)(H,8,9);1-2H3. The van der Waals surface area contributed by atoms with Crippen molar-refractivity contribution in [3.05, 3.63) is 12.2 Å². The molecule has 0 rings (SSSR count). The summed E-state index contributed by atoms with van der Waals surface area (Å²) in [6, 6.07) is 0. The van der Waals surface area contributed by atoms with Crippen molar-refractivity contribution in [2.75, 3.05) is 7.11 Å². The molecule has 0 saturated heterocycles. The van der Waals surface area contributed by atoms with E-state index < -0.39 is 18.4 Å². The number of carboxylic acids is 2. The first-order chi connectivity index (χ1) is 6.31. The van der Waals surface area contributed by atoms with Gasteiger partial charge in [-0.1, -0.05) is 6.58 Å². The molecule has 0 heterocycles. The van der Waals surface area contributed by atoms with Crippen LogP contribution in [0.25, 0.3) is 0 Å². The first kappa shape index (κ1) is 14.7. The second kappa shape index (κ2) is 7.78. The summed E-state index contributed by atoms with van der Waals surface area (Å²) in [4.78, 5) is 29.3.